The van der Waals surface area contributed by atoms with Gasteiger partial charge in [0, 0.05) is 13.7 Å². The van der Waals surface area contributed by atoms with Crippen LogP contribution >= 0.6 is 0 Å². The zero-order chi connectivity index (χ0) is 17.7. The number of methoxy groups -OCH3 is 1. The first kappa shape index (κ1) is 20.8. The Kier molecular flexibility index (Phi) is 7.48. The van der Waals surface area contributed by atoms with Crippen molar-refractivity contribution in [2.75, 3.05) is 33.5 Å². The van der Waals surface area contributed by atoms with E-state index in [0.29, 0.717) is 26.4 Å². The number of ether oxygens (including phenoxy) is 5. The van der Waals surface area contributed by atoms with Crippen LogP contribution in [0.1, 0.15) is 54.9 Å². The van der Waals surface area contributed by atoms with Crippen LogP contribution in [-0.2, 0) is 23.7 Å². The minimum atomic E-state index is -0.490. The lowest BCUT2D eigenvalue weighted by Gasteiger charge is -2.37. The van der Waals surface area contributed by atoms with Gasteiger partial charge in [-0.2, -0.15) is 0 Å². The summed E-state index contributed by atoms with van der Waals surface area (Å²) in [5.74, 6) is -0.490. The van der Waals surface area contributed by atoms with Crippen molar-refractivity contribution in [1.82, 2.24) is 0 Å². The first-order chi connectivity index (χ1) is 10.5. The molecule has 1 rings (SSSR count). The summed E-state index contributed by atoms with van der Waals surface area (Å²) in [4.78, 5) is 0. The lowest BCUT2D eigenvalue weighted by Crippen LogP contribution is -2.41. The van der Waals surface area contributed by atoms with E-state index in [1.165, 1.54) is 0 Å². The Hall–Kier alpha value is -0.200. The molecule has 0 spiro atoms. The molecular formula is C18H36O5. The van der Waals surface area contributed by atoms with E-state index in [-0.39, 0.29) is 23.2 Å². The molecule has 2 unspecified atom stereocenters. The van der Waals surface area contributed by atoms with Crippen molar-refractivity contribution in [2.45, 2.75) is 78.5 Å². The minimum Gasteiger partial charge on any atom is -0.382 e. The predicted molar refractivity (Wildman–Crippen MR) is 90.6 cm³/mol. The third-order valence-corrected chi connectivity index (χ3v) is 3.96. The van der Waals surface area contributed by atoms with Crippen LogP contribution in [0.25, 0.3) is 0 Å². The average Bonchev–Trinajstić information content (AvgIpc) is 2.73. The molecule has 0 aromatic carbocycles. The van der Waals surface area contributed by atoms with Crippen molar-refractivity contribution in [1.29, 1.82) is 0 Å². The highest BCUT2D eigenvalue weighted by atomic mass is 16.7. The molecule has 0 saturated carbocycles. The molecule has 5 nitrogen and oxygen atoms in total. The molecule has 0 aromatic heterocycles. The molecule has 5 heteroatoms. The smallest absolute Gasteiger partial charge is 0.163 e. The van der Waals surface area contributed by atoms with Gasteiger partial charge in [0.25, 0.3) is 0 Å². The van der Waals surface area contributed by atoms with Gasteiger partial charge < -0.3 is 23.7 Å². The van der Waals surface area contributed by atoms with Gasteiger partial charge in [-0.05, 0) is 39.5 Å². The average molecular weight is 332 g/mol. The molecule has 0 bridgehead atoms. The highest BCUT2D eigenvalue weighted by Crippen LogP contribution is 2.28. The SMILES string of the molecule is COCC(OC(C)(C)CCOCC1COC(C)(C)O1)C(C)(C)C. The Morgan fingerprint density at radius 2 is 1.83 bits per heavy atom. The summed E-state index contributed by atoms with van der Waals surface area (Å²) in [5, 5.41) is 0. The molecule has 23 heavy (non-hydrogen) atoms. The van der Waals surface area contributed by atoms with Gasteiger partial charge in [0.2, 0.25) is 0 Å². The Balaban J connectivity index is 2.31. The molecule has 1 aliphatic rings. The first-order valence-corrected chi connectivity index (χ1v) is 8.51. The molecule has 2 atom stereocenters. The van der Waals surface area contributed by atoms with E-state index in [0.717, 1.165) is 6.42 Å². The highest BCUT2D eigenvalue weighted by Gasteiger charge is 2.34. The predicted octanol–water partition coefficient (Wildman–Crippen LogP) is 3.40. The number of hydrogen-bond donors (Lipinski definition) is 0. The van der Waals surface area contributed by atoms with E-state index in [9.17, 15) is 0 Å². The molecule has 1 fully saturated rings. The van der Waals surface area contributed by atoms with E-state index in [1.54, 1.807) is 7.11 Å². The third kappa shape index (κ3) is 7.94. The molecule has 1 heterocycles. The minimum absolute atomic E-state index is 0.0184. The van der Waals surface area contributed by atoms with Crippen LogP contribution in [0.4, 0.5) is 0 Å². The van der Waals surface area contributed by atoms with Crippen molar-refractivity contribution >= 4 is 0 Å². The van der Waals surface area contributed by atoms with Gasteiger partial charge in [-0.15, -0.1) is 0 Å². The quantitative estimate of drug-likeness (QED) is 0.606. The Morgan fingerprint density at radius 1 is 1.17 bits per heavy atom. The van der Waals surface area contributed by atoms with Crippen molar-refractivity contribution in [2.24, 2.45) is 5.41 Å². The molecule has 138 valence electrons. The van der Waals surface area contributed by atoms with Crippen LogP contribution in [0.2, 0.25) is 0 Å². The zero-order valence-corrected chi connectivity index (χ0v) is 16.2. The van der Waals surface area contributed by atoms with E-state index < -0.39 is 5.79 Å². The van der Waals surface area contributed by atoms with Crippen molar-refractivity contribution in [3.63, 3.8) is 0 Å². The van der Waals surface area contributed by atoms with E-state index in [4.69, 9.17) is 23.7 Å². The van der Waals surface area contributed by atoms with Gasteiger partial charge >= 0.3 is 0 Å². The fraction of sp³-hybridized carbons (Fsp3) is 1.00. The molecular weight excluding hydrogens is 296 g/mol. The topological polar surface area (TPSA) is 46.2 Å². The van der Waals surface area contributed by atoms with Gasteiger partial charge in [0.15, 0.2) is 5.79 Å². The maximum Gasteiger partial charge on any atom is 0.163 e. The fourth-order valence-corrected chi connectivity index (χ4v) is 2.43. The molecule has 0 aromatic rings. The van der Waals surface area contributed by atoms with Crippen LogP contribution in [0.3, 0.4) is 0 Å². The summed E-state index contributed by atoms with van der Waals surface area (Å²) in [6.07, 6.45) is 0.889. The van der Waals surface area contributed by atoms with Crippen molar-refractivity contribution in [3.8, 4) is 0 Å². The zero-order valence-electron chi connectivity index (χ0n) is 16.2. The van der Waals surface area contributed by atoms with Crippen LogP contribution < -0.4 is 0 Å². The largest absolute Gasteiger partial charge is 0.382 e. The fourth-order valence-electron chi connectivity index (χ4n) is 2.43. The Bertz CT molecular complexity index is 346. The lowest BCUT2D eigenvalue weighted by atomic mass is 9.88. The van der Waals surface area contributed by atoms with E-state index in [2.05, 4.69) is 34.6 Å². The summed E-state index contributed by atoms with van der Waals surface area (Å²) in [7, 11) is 1.71. The van der Waals surface area contributed by atoms with Gasteiger partial charge in [-0.1, -0.05) is 20.8 Å². The molecule has 0 aliphatic carbocycles. The van der Waals surface area contributed by atoms with Crippen molar-refractivity contribution in [3.05, 3.63) is 0 Å². The van der Waals surface area contributed by atoms with Gasteiger partial charge in [0.1, 0.15) is 6.10 Å². The summed E-state index contributed by atoms with van der Waals surface area (Å²) in [6, 6.07) is 0. The monoisotopic (exact) mass is 332 g/mol. The molecule has 0 N–H and O–H groups in total. The summed E-state index contributed by atoms with van der Waals surface area (Å²) >= 11 is 0. The van der Waals surface area contributed by atoms with Crippen LogP contribution in [0.5, 0.6) is 0 Å². The second-order valence-electron chi connectivity index (χ2n) is 8.46. The highest BCUT2D eigenvalue weighted by molar-refractivity contribution is 4.80. The van der Waals surface area contributed by atoms with E-state index >= 15 is 0 Å². The Morgan fingerprint density at radius 3 is 2.30 bits per heavy atom. The second kappa shape index (κ2) is 8.26. The molecule has 0 amide bonds. The number of rotatable bonds is 9. The summed E-state index contributed by atoms with van der Waals surface area (Å²) in [6.45, 7) is 16.9. The lowest BCUT2D eigenvalue weighted by molar-refractivity contribution is -0.153. The van der Waals surface area contributed by atoms with Crippen LogP contribution in [0.15, 0.2) is 0 Å². The number of hydrogen-bond acceptors (Lipinski definition) is 5. The van der Waals surface area contributed by atoms with Gasteiger partial charge in [-0.3, -0.25) is 0 Å². The second-order valence-corrected chi connectivity index (χ2v) is 8.46. The first-order valence-electron chi connectivity index (χ1n) is 8.51. The summed E-state index contributed by atoms with van der Waals surface area (Å²) < 4.78 is 28.6. The Labute approximate surface area is 142 Å². The molecule has 1 saturated heterocycles. The maximum atomic E-state index is 6.29. The van der Waals surface area contributed by atoms with Crippen molar-refractivity contribution < 1.29 is 23.7 Å². The molecule has 0 radical (unpaired) electrons. The van der Waals surface area contributed by atoms with Gasteiger partial charge in [-0.25, -0.2) is 0 Å². The van der Waals surface area contributed by atoms with Crippen LogP contribution in [0, 0.1) is 5.41 Å². The normalized spacial score (nSPS) is 23.2. The van der Waals surface area contributed by atoms with Gasteiger partial charge in [0.05, 0.1) is 31.5 Å². The van der Waals surface area contributed by atoms with Crippen LogP contribution in [-0.4, -0.2) is 57.1 Å². The standard InChI is InChI=1S/C18H36O5/c1-16(2,3)15(13-19-8)23-17(4,5)9-10-20-11-14-12-21-18(6,7)22-14/h14-15H,9-13H2,1-8H3. The molecule has 1 aliphatic heterocycles. The van der Waals surface area contributed by atoms with E-state index in [1.807, 2.05) is 13.8 Å². The maximum absolute atomic E-state index is 6.29. The summed E-state index contributed by atoms with van der Waals surface area (Å²) in [5.41, 5.74) is -0.225. The third-order valence-electron chi connectivity index (χ3n) is 3.96.